The van der Waals surface area contributed by atoms with E-state index in [0.29, 0.717) is 12.0 Å². The lowest BCUT2D eigenvalue weighted by atomic mass is 10.1. The number of carbonyl (C=O) groups is 2. The molecule has 0 saturated carbocycles. The van der Waals surface area contributed by atoms with Crippen LogP contribution in [0.3, 0.4) is 0 Å². The Balaban J connectivity index is 1.68. The number of aliphatic hydroxyl groups is 1. The topological polar surface area (TPSA) is 66.4 Å². The molecule has 1 unspecified atom stereocenters. The predicted octanol–water partition coefficient (Wildman–Crippen LogP) is 2.37. The molecule has 4 heteroatoms. The first-order chi connectivity index (χ1) is 11.1. The van der Waals surface area contributed by atoms with Crippen LogP contribution in [0.25, 0.3) is 0 Å². The largest absolute Gasteiger partial charge is 0.391 e. The van der Waals surface area contributed by atoms with Gasteiger partial charge in [0.2, 0.25) is 5.91 Å². The van der Waals surface area contributed by atoms with Crippen LogP contribution in [0.1, 0.15) is 28.8 Å². The molecule has 0 saturated heterocycles. The molecule has 2 aromatic carbocycles. The Morgan fingerprint density at radius 2 is 1.52 bits per heavy atom. The maximum absolute atomic E-state index is 11.9. The molecule has 0 radical (unpaired) electrons. The van der Waals surface area contributed by atoms with Gasteiger partial charge in [0, 0.05) is 31.4 Å². The van der Waals surface area contributed by atoms with Gasteiger partial charge in [-0.05, 0) is 5.56 Å². The number of nitrogens with one attached hydrogen (secondary N) is 1. The molecule has 1 amide bonds. The van der Waals surface area contributed by atoms with Crippen LogP contribution in [0.4, 0.5) is 0 Å². The molecule has 120 valence electrons. The fourth-order valence-corrected chi connectivity index (χ4v) is 2.27. The highest BCUT2D eigenvalue weighted by molar-refractivity contribution is 5.97. The fraction of sp³-hybridized carbons (Fsp3) is 0.263. The minimum absolute atomic E-state index is 0.0504. The number of carbonyl (C=O) groups excluding carboxylic acids is 2. The van der Waals surface area contributed by atoms with E-state index in [0.717, 1.165) is 5.56 Å². The van der Waals surface area contributed by atoms with Crippen LogP contribution >= 0.6 is 0 Å². The second kappa shape index (κ2) is 8.86. The van der Waals surface area contributed by atoms with Gasteiger partial charge in [0.05, 0.1) is 6.10 Å². The summed E-state index contributed by atoms with van der Waals surface area (Å²) in [7, 11) is 0. The van der Waals surface area contributed by atoms with Crippen molar-refractivity contribution in [2.24, 2.45) is 0 Å². The third kappa shape index (κ3) is 6.04. The van der Waals surface area contributed by atoms with E-state index in [2.05, 4.69) is 5.32 Å². The Hall–Kier alpha value is -2.46. The van der Waals surface area contributed by atoms with Crippen molar-refractivity contribution in [2.75, 3.05) is 6.54 Å². The van der Waals surface area contributed by atoms with Crippen molar-refractivity contribution in [3.8, 4) is 0 Å². The van der Waals surface area contributed by atoms with E-state index in [1.165, 1.54) is 0 Å². The molecule has 0 aliphatic rings. The number of aliphatic hydroxyl groups excluding tert-OH is 1. The number of hydrogen-bond donors (Lipinski definition) is 2. The summed E-state index contributed by atoms with van der Waals surface area (Å²) in [4.78, 5) is 23.7. The highest BCUT2D eigenvalue weighted by Gasteiger charge is 2.11. The minimum Gasteiger partial charge on any atom is -0.391 e. The maximum atomic E-state index is 11.9. The van der Waals surface area contributed by atoms with Crippen LogP contribution in [0, 0.1) is 0 Å². The van der Waals surface area contributed by atoms with Gasteiger partial charge < -0.3 is 10.4 Å². The van der Waals surface area contributed by atoms with Gasteiger partial charge in [-0.2, -0.15) is 0 Å². The Morgan fingerprint density at radius 3 is 2.17 bits per heavy atom. The highest BCUT2D eigenvalue weighted by Crippen LogP contribution is 2.05. The lowest BCUT2D eigenvalue weighted by Gasteiger charge is -2.12. The van der Waals surface area contributed by atoms with Gasteiger partial charge in [0.15, 0.2) is 5.78 Å². The number of amides is 1. The molecule has 2 N–H and O–H groups in total. The molecule has 0 aliphatic carbocycles. The molecule has 0 fully saturated rings. The SMILES string of the molecule is O=C(CCC(=O)c1ccccc1)NCC(O)Cc1ccccc1. The zero-order valence-corrected chi connectivity index (χ0v) is 12.9. The molecular formula is C19H21NO3. The van der Waals surface area contributed by atoms with E-state index in [9.17, 15) is 14.7 Å². The first-order valence-corrected chi connectivity index (χ1v) is 7.72. The van der Waals surface area contributed by atoms with E-state index >= 15 is 0 Å². The van der Waals surface area contributed by atoms with E-state index in [-0.39, 0.29) is 31.1 Å². The third-order valence-corrected chi connectivity index (χ3v) is 3.52. The molecule has 2 aromatic rings. The number of ketones is 1. The van der Waals surface area contributed by atoms with Gasteiger partial charge in [-0.25, -0.2) is 0 Å². The summed E-state index contributed by atoms with van der Waals surface area (Å²) in [5, 5.41) is 12.6. The number of Topliss-reactive ketones (excluding diaryl/α,β-unsaturated/α-hetero) is 1. The van der Waals surface area contributed by atoms with Gasteiger partial charge in [-0.3, -0.25) is 9.59 Å². The van der Waals surface area contributed by atoms with Crippen LogP contribution in [0.2, 0.25) is 0 Å². The second-order valence-electron chi connectivity index (χ2n) is 5.44. The molecule has 1 atom stereocenters. The Labute approximate surface area is 136 Å². The van der Waals surface area contributed by atoms with Crippen molar-refractivity contribution in [2.45, 2.75) is 25.4 Å². The molecule has 0 spiro atoms. The molecule has 2 rings (SSSR count). The maximum Gasteiger partial charge on any atom is 0.220 e. The summed E-state index contributed by atoms with van der Waals surface area (Å²) < 4.78 is 0. The lowest BCUT2D eigenvalue weighted by molar-refractivity contribution is -0.121. The van der Waals surface area contributed by atoms with Gasteiger partial charge in [-0.15, -0.1) is 0 Å². The summed E-state index contributed by atoms with van der Waals surface area (Å²) in [5.74, 6) is -0.271. The van der Waals surface area contributed by atoms with Crippen LogP contribution in [0.15, 0.2) is 60.7 Å². The fourth-order valence-electron chi connectivity index (χ4n) is 2.27. The molecule has 0 aromatic heterocycles. The second-order valence-corrected chi connectivity index (χ2v) is 5.44. The minimum atomic E-state index is -0.633. The summed E-state index contributed by atoms with van der Waals surface area (Å²) >= 11 is 0. The highest BCUT2D eigenvalue weighted by atomic mass is 16.3. The summed E-state index contributed by atoms with van der Waals surface area (Å²) in [6.45, 7) is 0.188. The monoisotopic (exact) mass is 311 g/mol. The number of benzene rings is 2. The van der Waals surface area contributed by atoms with Crippen molar-refractivity contribution in [1.29, 1.82) is 0 Å². The molecule has 0 aliphatic heterocycles. The summed E-state index contributed by atoms with van der Waals surface area (Å²) in [6, 6.07) is 18.5. The quantitative estimate of drug-likeness (QED) is 0.736. The molecule has 23 heavy (non-hydrogen) atoms. The predicted molar refractivity (Wildman–Crippen MR) is 89.2 cm³/mol. The first-order valence-electron chi connectivity index (χ1n) is 7.72. The number of hydrogen-bond acceptors (Lipinski definition) is 3. The van der Waals surface area contributed by atoms with E-state index in [1.807, 2.05) is 36.4 Å². The lowest BCUT2D eigenvalue weighted by Crippen LogP contribution is -2.33. The first kappa shape index (κ1) is 16.9. The van der Waals surface area contributed by atoms with Crippen LogP contribution in [-0.2, 0) is 11.2 Å². The molecule has 0 heterocycles. The van der Waals surface area contributed by atoms with Gasteiger partial charge in [0.1, 0.15) is 0 Å². The molecule has 0 bridgehead atoms. The van der Waals surface area contributed by atoms with E-state index in [4.69, 9.17) is 0 Å². The van der Waals surface area contributed by atoms with Crippen molar-refractivity contribution < 1.29 is 14.7 Å². The van der Waals surface area contributed by atoms with Crippen molar-refractivity contribution in [1.82, 2.24) is 5.32 Å². The zero-order chi connectivity index (χ0) is 16.5. The van der Waals surface area contributed by atoms with Crippen LogP contribution < -0.4 is 5.32 Å². The van der Waals surface area contributed by atoms with Crippen LogP contribution in [0.5, 0.6) is 0 Å². The Morgan fingerprint density at radius 1 is 0.913 bits per heavy atom. The summed E-state index contributed by atoms with van der Waals surface area (Å²) in [5.41, 5.74) is 1.64. The van der Waals surface area contributed by atoms with Crippen molar-refractivity contribution >= 4 is 11.7 Å². The third-order valence-electron chi connectivity index (χ3n) is 3.52. The van der Waals surface area contributed by atoms with Crippen molar-refractivity contribution in [3.63, 3.8) is 0 Å². The Bertz CT molecular complexity index is 626. The standard InChI is InChI=1S/C19H21NO3/c21-17(13-15-7-3-1-4-8-15)14-20-19(23)12-11-18(22)16-9-5-2-6-10-16/h1-10,17,21H,11-14H2,(H,20,23). The van der Waals surface area contributed by atoms with Gasteiger partial charge in [0.25, 0.3) is 0 Å². The normalized spacial score (nSPS) is 11.7. The number of rotatable bonds is 8. The zero-order valence-electron chi connectivity index (χ0n) is 12.9. The van der Waals surface area contributed by atoms with E-state index < -0.39 is 6.10 Å². The van der Waals surface area contributed by atoms with E-state index in [1.54, 1.807) is 24.3 Å². The van der Waals surface area contributed by atoms with Gasteiger partial charge >= 0.3 is 0 Å². The van der Waals surface area contributed by atoms with Crippen molar-refractivity contribution in [3.05, 3.63) is 71.8 Å². The average Bonchev–Trinajstić information content (AvgIpc) is 2.59. The average molecular weight is 311 g/mol. The van der Waals surface area contributed by atoms with Gasteiger partial charge in [-0.1, -0.05) is 60.7 Å². The summed E-state index contributed by atoms with van der Waals surface area (Å²) in [6.07, 6.45) is 0.159. The Kier molecular flexibility index (Phi) is 6.51. The smallest absolute Gasteiger partial charge is 0.220 e. The molecular weight excluding hydrogens is 290 g/mol. The molecule has 4 nitrogen and oxygen atoms in total. The van der Waals surface area contributed by atoms with Crippen LogP contribution in [-0.4, -0.2) is 29.4 Å².